The molecule has 3 nitrogen and oxygen atoms in total. The fourth-order valence-electron chi connectivity index (χ4n) is 1.92. The molecule has 0 radical (unpaired) electrons. The third-order valence-corrected chi connectivity index (χ3v) is 2.92. The molecule has 0 amide bonds. The maximum Gasteiger partial charge on any atom is 0.191 e. The largest absolute Gasteiger partial charge is 0.353 e. The van der Waals surface area contributed by atoms with Crippen LogP contribution in [0.2, 0.25) is 0 Å². The molecule has 0 aliphatic heterocycles. The molecule has 98 valence electrons. The van der Waals surface area contributed by atoms with Crippen molar-refractivity contribution < 1.29 is 0 Å². The number of hydrogen-bond donors (Lipinski definition) is 2. The number of rotatable bonds is 2. The second-order valence-electron chi connectivity index (χ2n) is 4.38. The highest BCUT2D eigenvalue weighted by Gasteiger charge is 2.10. The van der Waals surface area contributed by atoms with Gasteiger partial charge in [-0.15, -0.1) is 0 Å². The van der Waals surface area contributed by atoms with Crippen molar-refractivity contribution >= 4 is 5.96 Å². The molecule has 19 heavy (non-hydrogen) atoms. The van der Waals surface area contributed by atoms with Gasteiger partial charge in [0.1, 0.15) is 0 Å². The molecule has 0 unspecified atom stereocenters. The van der Waals surface area contributed by atoms with Gasteiger partial charge in [-0.25, -0.2) is 0 Å². The number of nitrogens with zero attached hydrogens (tertiary/aromatic N) is 1. The Labute approximate surface area is 114 Å². The van der Waals surface area contributed by atoms with Gasteiger partial charge in [-0.1, -0.05) is 42.2 Å². The Morgan fingerprint density at radius 3 is 2.68 bits per heavy atom. The lowest BCUT2D eigenvalue weighted by atomic mass is 10.2. The van der Waals surface area contributed by atoms with E-state index in [0.29, 0.717) is 12.6 Å². The standard InChI is InChI=1S/C16H19N3/c1-17-16(19-15-11-5-6-12-15)18-13-7-10-14-8-3-2-4-9-14/h2-6,8-9,15H,11-13H2,1H3,(H2,17,18,19). The van der Waals surface area contributed by atoms with E-state index in [9.17, 15) is 0 Å². The minimum Gasteiger partial charge on any atom is -0.353 e. The molecule has 0 aromatic heterocycles. The van der Waals surface area contributed by atoms with Crippen molar-refractivity contribution in [2.75, 3.05) is 13.6 Å². The highest BCUT2D eigenvalue weighted by atomic mass is 15.2. The normalized spacial score (nSPS) is 14.9. The summed E-state index contributed by atoms with van der Waals surface area (Å²) in [6.07, 6.45) is 6.52. The van der Waals surface area contributed by atoms with Crippen LogP contribution in [0.4, 0.5) is 0 Å². The topological polar surface area (TPSA) is 36.4 Å². The Bertz CT molecular complexity index is 498. The lowest BCUT2D eigenvalue weighted by Crippen LogP contribution is -2.42. The summed E-state index contributed by atoms with van der Waals surface area (Å²) in [5.74, 6) is 7.02. The molecule has 0 spiro atoms. The van der Waals surface area contributed by atoms with Gasteiger partial charge in [-0.3, -0.25) is 4.99 Å². The van der Waals surface area contributed by atoms with E-state index < -0.39 is 0 Å². The van der Waals surface area contributed by atoms with Gasteiger partial charge in [0.15, 0.2) is 5.96 Å². The summed E-state index contributed by atoms with van der Waals surface area (Å²) < 4.78 is 0. The van der Waals surface area contributed by atoms with Gasteiger partial charge in [0, 0.05) is 18.7 Å². The summed E-state index contributed by atoms with van der Waals surface area (Å²) in [6, 6.07) is 10.4. The van der Waals surface area contributed by atoms with Crippen LogP contribution in [-0.2, 0) is 0 Å². The highest BCUT2D eigenvalue weighted by Crippen LogP contribution is 2.08. The first-order valence-corrected chi connectivity index (χ1v) is 6.54. The van der Waals surface area contributed by atoms with Crippen molar-refractivity contribution in [3.05, 3.63) is 48.0 Å². The first kappa shape index (κ1) is 13.2. The van der Waals surface area contributed by atoms with Crippen LogP contribution in [0.3, 0.4) is 0 Å². The van der Waals surface area contributed by atoms with Gasteiger partial charge >= 0.3 is 0 Å². The zero-order valence-corrected chi connectivity index (χ0v) is 11.2. The van der Waals surface area contributed by atoms with Gasteiger partial charge in [0.25, 0.3) is 0 Å². The van der Waals surface area contributed by atoms with E-state index in [-0.39, 0.29) is 0 Å². The van der Waals surface area contributed by atoms with Gasteiger partial charge in [0.2, 0.25) is 0 Å². The molecule has 0 bridgehead atoms. The fraction of sp³-hybridized carbons (Fsp3) is 0.312. The molecule has 1 aromatic rings. The maximum atomic E-state index is 4.19. The minimum absolute atomic E-state index is 0.466. The molecular formula is C16H19N3. The first-order valence-electron chi connectivity index (χ1n) is 6.54. The van der Waals surface area contributed by atoms with E-state index in [1.54, 1.807) is 7.05 Å². The van der Waals surface area contributed by atoms with Crippen LogP contribution < -0.4 is 10.6 Å². The van der Waals surface area contributed by atoms with Crippen LogP contribution in [-0.4, -0.2) is 25.6 Å². The van der Waals surface area contributed by atoms with Crippen molar-refractivity contribution in [1.82, 2.24) is 10.6 Å². The first-order chi connectivity index (χ1) is 9.38. The van der Waals surface area contributed by atoms with Gasteiger partial charge < -0.3 is 10.6 Å². The number of nitrogens with one attached hydrogen (secondary N) is 2. The zero-order valence-electron chi connectivity index (χ0n) is 11.2. The molecule has 0 atom stereocenters. The quantitative estimate of drug-likeness (QED) is 0.366. The van der Waals surface area contributed by atoms with Crippen molar-refractivity contribution in [1.29, 1.82) is 0 Å². The van der Waals surface area contributed by atoms with Crippen molar-refractivity contribution in [2.45, 2.75) is 18.9 Å². The molecule has 2 rings (SSSR count). The van der Waals surface area contributed by atoms with Crippen LogP contribution >= 0.6 is 0 Å². The summed E-state index contributed by atoms with van der Waals surface area (Å²) >= 11 is 0. The number of hydrogen-bond acceptors (Lipinski definition) is 1. The molecular weight excluding hydrogens is 234 g/mol. The van der Waals surface area contributed by atoms with Gasteiger partial charge in [0.05, 0.1) is 6.54 Å². The second kappa shape index (κ2) is 7.27. The Kier molecular flexibility index (Phi) is 5.06. The lowest BCUT2D eigenvalue weighted by Gasteiger charge is -2.15. The molecule has 2 N–H and O–H groups in total. The molecule has 0 fully saturated rings. The maximum absolute atomic E-state index is 4.19. The Balaban J connectivity index is 1.76. The average Bonchev–Trinajstić information content (AvgIpc) is 2.96. The molecule has 0 saturated heterocycles. The molecule has 1 aliphatic rings. The van der Waals surface area contributed by atoms with Crippen molar-refractivity contribution in [3.8, 4) is 11.8 Å². The Morgan fingerprint density at radius 2 is 2.00 bits per heavy atom. The average molecular weight is 253 g/mol. The number of benzene rings is 1. The predicted molar refractivity (Wildman–Crippen MR) is 80.0 cm³/mol. The van der Waals surface area contributed by atoms with E-state index in [4.69, 9.17) is 0 Å². The summed E-state index contributed by atoms with van der Waals surface area (Å²) in [5, 5.41) is 6.58. The Hall–Kier alpha value is -2.21. The highest BCUT2D eigenvalue weighted by molar-refractivity contribution is 5.80. The SMILES string of the molecule is CN=C(NCC#Cc1ccccc1)NC1CC=CC1. The van der Waals surface area contributed by atoms with Crippen LogP contribution in [0.25, 0.3) is 0 Å². The van der Waals surface area contributed by atoms with E-state index >= 15 is 0 Å². The van der Waals surface area contributed by atoms with E-state index in [0.717, 1.165) is 24.4 Å². The van der Waals surface area contributed by atoms with Crippen molar-refractivity contribution in [2.24, 2.45) is 4.99 Å². The molecule has 3 heteroatoms. The van der Waals surface area contributed by atoms with Crippen LogP contribution in [0.1, 0.15) is 18.4 Å². The summed E-state index contributed by atoms with van der Waals surface area (Å²) in [7, 11) is 1.78. The monoisotopic (exact) mass is 253 g/mol. The molecule has 1 aliphatic carbocycles. The lowest BCUT2D eigenvalue weighted by molar-refractivity contribution is 0.638. The number of aliphatic imine (C=N–C) groups is 1. The van der Waals surface area contributed by atoms with Gasteiger partial charge in [-0.05, 0) is 25.0 Å². The summed E-state index contributed by atoms with van der Waals surface area (Å²) in [5.41, 5.74) is 1.03. The Morgan fingerprint density at radius 1 is 1.26 bits per heavy atom. The van der Waals surface area contributed by atoms with Crippen molar-refractivity contribution in [3.63, 3.8) is 0 Å². The summed E-state index contributed by atoms with van der Waals surface area (Å²) in [6.45, 7) is 0.592. The predicted octanol–water partition coefficient (Wildman–Crippen LogP) is 1.92. The zero-order chi connectivity index (χ0) is 13.3. The van der Waals surface area contributed by atoms with E-state index in [1.807, 2.05) is 30.3 Å². The van der Waals surface area contributed by atoms with Crippen LogP contribution in [0.5, 0.6) is 0 Å². The third kappa shape index (κ3) is 4.51. The molecule has 1 aromatic carbocycles. The van der Waals surface area contributed by atoms with Crippen LogP contribution in [0.15, 0.2) is 47.5 Å². The fourth-order valence-corrected chi connectivity index (χ4v) is 1.92. The van der Waals surface area contributed by atoms with Crippen LogP contribution in [0, 0.1) is 11.8 Å². The number of guanidine groups is 1. The van der Waals surface area contributed by atoms with E-state index in [1.165, 1.54) is 0 Å². The molecule has 0 heterocycles. The minimum atomic E-state index is 0.466. The third-order valence-electron chi connectivity index (χ3n) is 2.92. The van der Waals surface area contributed by atoms with E-state index in [2.05, 4.69) is 39.6 Å². The second-order valence-corrected chi connectivity index (χ2v) is 4.38. The summed E-state index contributed by atoms with van der Waals surface area (Å²) in [4.78, 5) is 4.19. The van der Waals surface area contributed by atoms with Gasteiger partial charge in [-0.2, -0.15) is 0 Å². The smallest absolute Gasteiger partial charge is 0.191 e. The molecule has 0 saturated carbocycles.